The maximum absolute atomic E-state index is 12.1. The first-order valence-electron chi connectivity index (χ1n) is 6.91. The first-order valence-corrected chi connectivity index (χ1v) is 6.91. The number of piperidine rings is 1. The number of aliphatic carboxylic acids is 1. The second-order valence-corrected chi connectivity index (χ2v) is 5.18. The maximum Gasteiger partial charge on any atom is 0.317 e. The SMILES string of the molecule is C[C@@H](NC(=O)N1CCC(C(=O)O)CC1)c1ccccc1. The Labute approximate surface area is 118 Å². The van der Waals surface area contributed by atoms with E-state index in [0.29, 0.717) is 25.9 Å². The molecule has 0 saturated carbocycles. The third-order valence-electron chi connectivity index (χ3n) is 3.77. The predicted octanol–water partition coefficient (Wildman–Crippen LogP) is 2.25. The fourth-order valence-electron chi connectivity index (χ4n) is 2.43. The molecule has 0 aliphatic carbocycles. The van der Waals surface area contributed by atoms with Gasteiger partial charge in [-0.05, 0) is 25.3 Å². The fourth-order valence-corrected chi connectivity index (χ4v) is 2.43. The third kappa shape index (κ3) is 3.50. The predicted molar refractivity (Wildman–Crippen MR) is 75.3 cm³/mol. The topological polar surface area (TPSA) is 69.6 Å². The van der Waals surface area contributed by atoms with Crippen LogP contribution in [0.4, 0.5) is 4.79 Å². The lowest BCUT2D eigenvalue weighted by Crippen LogP contribution is -2.46. The molecule has 1 aliphatic rings. The van der Waals surface area contributed by atoms with E-state index in [4.69, 9.17) is 5.11 Å². The summed E-state index contributed by atoms with van der Waals surface area (Å²) >= 11 is 0. The summed E-state index contributed by atoms with van der Waals surface area (Å²) in [4.78, 5) is 24.7. The number of carbonyl (C=O) groups is 2. The van der Waals surface area contributed by atoms with Gasteiger partial charge in [-0.3, -0.25) is 4.79 Å². The Morgan fingerprint density at radius 2 is 1.85 bits per heavy atom. The van der Waals surface area contributed by atoms with Gasteiger partial charge in [-0.1, -0.05) is 30.3 Å². The third-order valence-corrected chi connectivity index (χ3v) is 3.77. The van der Waals surface area contributed by atoms with Crippen LogP contribution >= 0.6 is 0 Å². The summed E-state index contributed by atoms with van der Waals surface area (Å²) in [5.41, 5.74) is 1.06. The number of nitrogens with zero attached hydrogens (tertiary/aromatic N) is 1. The van der Waals surface area contributed by atoms with Gasteiger partial charge in [0, 0.05) is 13.1 Å². The lowest BCUT2D eigenvalue weighted by Gasteiger charge is -2.31. The largest absolute Gasteiger partial charge is 0.481 e. The number of nitrogens with one attached hydrogen (secondary N) is 1. The van der Waals surface area contributed by atoms with Gasteiger partial charge in [0.15, 0.2) is 0 Å². The van der Waals surface area contributed by atoms with Crippen LogP contribution < -0.4 is 5.32 Å². The zero-order valence-corrected chi connectivity index (χ0v) is 11.6. The van der Waals surface area contributed by atoms with Crippen molar-refractivity contribution >= 4 is 12.0 Å². The van der Waals surface area contributed by atoms with E-state index in [1.807, 2.05) is 37.3 Å². The van der Waals surface area contributed by atoms with E-state index < -0.39 is 5.97 Å². The molecule has 1 saturated heterocycles. The summed E-state index contributed by atoms with van der Waals surface area (Å²) in [7, 11) is 0. The fraction of sp³-hybridized carbons (Fsp3) is 0.467. The molecule has 1 atom stereocenters. The smallest absolute Gasteiger partial charge is 0.317 e. The van der Waals surface area contributed by atoms with Crippen LogP contribution in [0.1, 0.15) is 31.4 Å². The first kappa shape index (κ1) is 14.4. The summed E-state index contributed by atoms with van der Waals surface area (Å²) in [6, 6.07) is 9.59. The quantitative estimate of drug-likeness (QED) is 0.889. The molecule has 5 nitrogen and oxygen atoms in total. The summed E-state index contributed by atoms with van der Waals surface area (Å²) in [6.45, 7) is 2.95. The van der Waals surface area contributed by atoms with Crippen LogP contribution in [-0.2, 0) is 4.79 Å². The monoisotopic (exact) mass is 276 g/mol. The molecule has 5 heteroatoms. The molecule has 0 spiro atoms. The molecule has 0 bridgehead atoms. The molecule has 2 amide bonds. The Bertz CT molecular complexity index is 467. The van der Waals surface area contributed by atoms with Gasteiger partial charge in [0.1, 0.15) is 0 Å². The molecule has 2 rings (SSSR count). The minimum absolute atomic E-state index is 0.0547. The molecule has 2 N–H and O–H groups in total. The standard InChI is InChI=1S/C15H20N2O3/c1-11(12-5-3-2-4-6-12)16-15(20)17-9-7-13(8-10-17)14(18)19/h2-6,11,13H,7-10H2,1H3,(H,16,20)(H,18,19)/t11-/m1/s1. The molecular weight excluding hydrogens is 256 g/mol. The molecule has 0 aromatic heterocycles. The molecule has 1 heterocycles. The number of carboxylic acids is 1. The number of urea groups is 1. The molecule has 20 heavy (non-hydrogen) atoms. The number of hydrogen-bond donors (Lipinski definition) is 2. The lowest BCUT2D eigenvalue weighted by atomic mass is 9.97. The van der Waals surface area contributed by atoms with Crippen LogP contribution in [0.3, 0.4) is 0 Å². The minimum atomic E-state index is -0.761. The van der Waals surface area contributed by atoms with E-state index in [9.17, 15) is 9.59 Å². The van der Waals surface area contributed by atoms with Gasteiger partial charge in [-0.15, -0.1) is 0 Å². The van der Waals surface area contributed by atoms with Gasteiger partial charge in [-0.2, -0.15) is 0 Å². The van der Waals surface area contributed by atoms with Crippen LogP contribution in [0, 0.1) is 5.92 Å². The van der Waals surface area contributed by atoms with Crippen molar-refractivity contribution in [1.29, 1.82) is 0 Å². The number of amides is 2. The Kier molecular flexibility index (Phi) is 4.61. The summed E-state index contributed by atoms with van der Waals surface area (Å²) in [5.74, 6) is -1.08. The molecule has 0 radical (unpaired) electrons. The van der Waals surface area contributed by atoms with Crippen LogP contribution in [0.15, 0.2) is 30.3 Å². The van der Waals surface area contributed by atoms with Crippen LogP contribution in [0.25, 0.3) is 0 Å². The molecule has 108 valence electrons. The molecular formula is C15H20N2O3. The average Bonchev–Trinajstić information content (AvgIpc) is 2.48. The van der Waals surface area contributed by atoms with Crippen molar-refractivity contribution in [1.82, 2.24) is 10.2 Å². The van der Waals surface area contributed by atoms with Crippen LogP contribution in [-0.4, -0.2) is 35.1 Å². The highest BCUT2D eigenvalue weighted by atomic mass is 16.4. The van der Waals surface area contributed by atoms with E-state index in [2.05, 4.69) is 5.32 Å². The zero-order chi connectivity index (χ0) is 14.5. The highest BCUT2D eigenvalue weighted by Gasteiger charge is 2.27. The van der Waals surface area contributed by atoms with Gasteiger partial charge in [0.25, 0.3) is 0 Å². The number of hydrogen-bond acceptors (Lipinski definition) is 2. The van der Waals surface area contributed by atoms with Gasteiger partial charge in [0.2, 0.25) is 0 Å². The summed E-state index contributed by atoms with van der Waals surface area (Å²) < 4.78 is 0. The van der Waals surface area contributed by atoms with Gasteiger partial charge >= 0.3 is 12.0 Å². The molecule has 1 aliphatic heterocycles. The Morgan fingerprint density at radius 3 is 2.40 bits per heavy atom. The number of likely N-dealkylation sites (tertiary alicyclic amines) is 1. The van der Waals surface area contributed by atoms with Crippen molar-refractivity contribution in [3.8, 4) is 0 Å². The van der Waals surface area contributed by atoms with Crippen molar-refractivity contribution < 1.29 is 14.7 Å². The van der Waals surface area contributed by atoms with E-state index in [0.717, 1.165) is 5.56 Å². The molecule has 1 aromatic rings. The normalized spacial score (nSPS) is 17.6. The van der Waals surface area contributed by atoms with Crippen molar-refractivity contribution in [3.05, 3.63) is 35.9 Å². The summed E-state index contributed by atoms with van der Waals surface area (Å²) in [5, 5.41) is 11.9. The van der Waals surface area contributed by atoms with Crippen LogP contribution in [0.5, 0.6) is 0 Å². The van der Waals surface area contributed by atoms with E-state index >= 15 is 0 Å². The van der Waals surface area contributed by atoms with E-state index in [1.165, 1.54) is 0 Å². The number of carboxylic acid groups (broad SMARTS) is 1. The number of carbonyl (C=O) groups excluding carboxylic acids is 1. The maximum atomic E-state index is 12.1. The molecule has 1 aromatic carbocycles. The Balaban J connectivity index is 1.85. The minimum Gasteiger partial charge on any atom is -0.481 e. The molecule has 0 unspecified atom stereocenters. The lowest BCUT2D eigenvalue weighted by molar-refractivity contribution is -0.143. The first-order chi connectivity index (χ1) is 9.58. The van der Waals surface area contributed by atoms with Crippen molar-refractivity contribution in [2.75, 3.05) is 13.1 Å². The highest BCUT2D eigenvalue weighted by Crippen LogP contribution is 2.18. The second kappa shape index (κ2) is 6.41. The second-order valence-electron chi connectivity index (χ2n) is 5.18. The van der Waals surface area contributed by atoms with E-state index in [-0.39, 0.29) is 18.0 Å². The van der Waals surface area contributed by atoms with Crippen LogP contribution in [0.2, 0.25) is 0 Å². The number of rotatable bonds is 3. The van der Waals surface area contributed by atoms with Crippen molar-refractivity contribution in [2.45, 2.75) is 25.8 Å². The van der Waals surface area contributed by atoms with Crippen molar-refractivity contribution in [2.24, 2.45) is 5.92 Å². The Morgan fingerprint density at radius 1 is 1.25 bits per heavy atom. The highest BCUT2D eigenvalue weighted by molar-refractivity contribution is 5.75. The van der Waals surface area contributed by atoms with Gasteiger partial charge < -0.3 is 15.3 Å². The molecule has 1 fully saturated rings. The van der Waals surface area contributed by atoms with E-state index in [1.54, 1.807) is 4.90 Å². The van der Waals surface area contributed by atoms with Gasteiger partial charge in [0.05, 0.1) is 12.0 Å². The van der Waals surface area contributed by atoms with Gasteiger partial charge in [-0.25, -0.2) is 4.79 Å². The zero-order valence-electron chi connectivity index (χ0n) is 11.6. The average molecular weight is 276 g/mol. The number of benzene rings is 1. The Hall–Kier alpha value is -2.04. The summed E-state index contributed by atoms with van der Waals surface area (Å²) in [6.07, 6.45) is 1.06. The van der Waals surface area contributed by atoms with Crippen molar-refractivity contribution in [3.63, 3.8) is 0 Å².